The van der Waals surface area contributed by atoms with E-state index in [1.165, 1.54) is 12.0 Å². The van der Waals surface area contributed by atoms with E-state index in [2.05, 4.69) is 0 Å². The SMILES string of the molecule is CC(C)OC(=O)C1=C2CCC(C2)C1. The second-order valence-electron chi connectivity index (χ2n) is 4.35. The van der Waals surface area contributed by atoms with Gasteiger partial charge in [0, 0.05) is 5.57 Å². The number of fused-ring (bicyclic) bond motifs is 2. The number of carbonyl (C=O) groups is 1. The van der Waals surface area contributed by atoms with E-state index >= 15 is 0 Å². The number of hydrogen-bond acceptors (Lipinski definition) is 2. The van der Waals surface area contributed by atoms with Crippen molar-refractivity contribution in [3.8, 4) is 0 Å². The third-order valence-electron chi connectivity index (χ3n) is 2.90. The molecule has 1 saturated carbocycles. The molecule has 0 aromatic heterocycles. The van der Waals surface area contributed by atoms with Crippen molar-refractivity contribution in [3.63, 3.8) is 0 Å². The first-order valence-electron chi connectivity index (χ1n) is 5.08. The van der Waals surface area contributed by atoms with Gasteiger partial charge in [0.1, 0.15) is 0 Å². The van der Waals surface area contributed by atoms with E-state index in [1.807, 2.05) is 13.8 Å². The van der Waals surface area contributed by atoms with E-state index in [0.717, 1.165) is 30.8 Å². The fraction of sp³-hybridized carbons (Fsp3) is 0.727. The molecule has 13 heavy (non-hydrogen) atoms. The van der Waals surface area contributed by atoms with Crippen LogP contribution >= 0.6 is 0 Å². The van der Waals surface area contributed by atoms with Crippen LogP contribution in [0.4, 0.5) is 0 Å². The Balaban J connectivity index is 2.05. The molecule has 0 N–H and O–H groups in total. The van der Waals surface area contributed by atoms with Gasteiger partial charge in [0.15, 0.2) is 0 Å². The highest BCUT2D eigenvalue weighted by Gasteiger charge is 2.34. The third kappa shape index (κ3) is 1.62. The van der Waals surface area contributed by atoms with Crippen LogP contribution in [-0.2, 0) is 9.53 Å². The van der Waals surface area contributed by atoms with E-state index in [9.17, 15) is 4.79 Å². The number of rotatable bonds is 2. The molecule has 2 bridgehead atoms. The van der Waals surface area contributed by atoms with Gasteiger partial charge in [-0.3, -0.25) is 0 Å². The van der Waals surface area contributed by atoms with E-state index in [0.29, 0.717) is 0 Å². The fourth-order valence-electron chi connectivity index (χ4n) is 2.33. The largest absolute Gasteiger partial charge is 0.460 e. The third-order valence-corrected chi connectivity index (χ3v) is 2.90. The summed E-state index contributed by atoms with van der Waals surface area (Å²) in [7, 11) is 0. The van der Waals surface area contributed by atoms with Gasteiger partial charge in [-0.25, -0.2) is 4.79 Å². The molecule has 0 aromatic rings. The molecule has 0 aromatic carbocycles. The maximum atomic E-state index is 11.6. The Morgan fingerprint density at radius 1 is 1.46 bits per heavy atom. The first kappa shape index (κ1) is 8.79. The Bertz CT molecular complexity index is 263. The summed E-state index contributed by atoms with van der Waals surface area (Å²) >= 11 is 0. The second-order valence-corrected chi connectivity index (χ2v) is 4.35. The molecule has 2 rings (SSSR count). The summed E-state index contributed by atoms with van der Waals surface area (Å²) in [6.45, 7) is 3.80. The molecule has 2 aliphatic rings. The molecule has 0 radical (unpaired) electrons. The van der Waals surface area contributed by atoms with Gasteiger partial charge in [0.05, 0.1) is 6.10 Å². The van der Waals surface area contributed by atoms with Crippen molar-refractivity contribution < 1.29 is 9.53 Å². The smallest absolute Gasteiger partial charge is 0.334 e. The van der Waals surface area contributed by atoms with Crippen LogP contribution in [0.3, 0.4) is 0 Å². The monoisotopic (exact) mass is 180 g/mol. The first-order valence-corrected chi connectivity index (χ1v) is 5.08. The number of allylic oxidation sites excluding steroid dienone is 1. The summed E-state index contributed by atoms with van der Waals surface area (Å²) in [4.78, 5) is 11.6. The minimum Gasteiger partial charge on any atom is -0.460 e. The van der Waals surface area contributed by atoms with Gasteiger partial charge in [-0.15, -0.1) is 0 Å². The number of ether oxygens (including phenoxy) is 1. The predicted octanol–water partition coefficient (Wildman–Crippen LogP) is 2.44. The summed E-state index contributed by atoms with van der Waals surface area (Å²) in [6.07, 6.45) is 4.56. The molecule has 2 aliphatic carbocycles. The summed E-state index contributed by atoms with van der Waals surface area (Å²) < 4.78 is 5.19. The van der Waals surface area contributed by atoms with E-state index in [4.69, 9.17) is 4.74 Å². The standard InChI is InChI=1S/C11H16O2/c1-7(2)13-11(12)10-6-8-3-4-9(10)5-8/h7-8H,3-6H2,1-2H3. The minimum atomic E-state index is -0.0628. The predicted molar refractivity (Wildman–Crippen MR) is 50.2 cm³/mol. The van der Waals surface area contributed by atoms with Crippen LogP contribution in [0.5, 0.6) is 0 Å². The van der Waals surface area contributed by atoms with E-state index < -0.39 is 0 Å². The topological polar surface area (TPSA) is 26.3 Å². The summed E-state index contributed by atoms with van der Waals surface area (Å²) in [5.41, 5.74) is 2.36. The molecule has 2 heteroatoms. The van der Waals surface area contributed by atoms with Crippen LogP contribution in [0, 0.1) is 5.92 Å². The molecule has 0 aliphatic heterocycles. The van der Waals surface area contributed by atoms with Gasteiger partial charge in [0.2, 0.25) is 0 Å². The molecule has 1 atom stereocenters. The molecule has 1 fully saturated rings. The summed E-state index contributed by atoms with van der Waals surface area (Å²) in [5, 5.41) is 0. The van der Waals surface area contributed by atoms with Crippen LogP contribution in [0.2, 0.25) is 0 Å². The fourth-order valence-corrected chi connectivity index (χ4v) is 2.33. The Labute approximate surface area is 79.0 Å². The number of carbonyl (C=O) groups excluding carboxylic acids is 1. The highest BCUT2D eigenvalue weighted by Crippen LogP contribution is 2.44. The number of esters is 1. The highest BCUT2D eigenvalue weighted by molar-refractivity contribution is 5.90. The molecule has 0 spiro atoms. The lowest BCUT2D eigenvalue weighted by Gasteiger charge is -2.13. The Morgan fingerprint density at radius 2 is 2.23 bits per heavy atom. The second kappa shape index (κ2) is 3.17. The summed E-state index contributed by atoms with van der Waals surface area (Å²) in [6, 6.07) is 0. The molecule has 0 saturated heterocycles. The lowest BCUT2D eigenvalue weighted by Crippen LogP contribution is -2.15. The highest BCUT2D eigenvalue weighted by atomic mass is 16.5. The molecule has 0 amide bonds. The Hall–Kier alpha value is -0.790. The zero-order chi connectivity index (χ0) is 9.42. The molecular weight excluding hydrogens is 164 g/mol. The molecule has 72 valence electrons. The molecule has 2 nitrogen and oxygen atoms in total. The van der Waals surface area contributed by atoms with Crippen molar-refractivity contribution in [2.24, 2.45) is 5.92 Å². The van der Waals surface area contributed by atoms with Crippen LogP contribution in [0.1, 0.15) is 39.5 Å². The van der Waals surface area contributed by atoms with Crippen LogP contribution in [0.15, 0.2) is 11.1 Å². The molecule has 0 heterocycles. The maximum Gasteiger partial charge on any atom is 0.334 e. The minimum absolute atomic E-state index is 0.0136. The van der Waals surface area contributed by atoms with Gasteiger partial charge >= 0.3 is 5.97 Å². The van der Waals surface area contributed by atoms with Crippen molar-refractivity contribution in [2.45, 2.75) is 45.6 Å². The van der Waals surface area contributed by atoms with Gasteiger partial charge in [-0.1, -0.05) is 5.57 Å². The molecular formula is C11H16O2. The Kier molecular flexibility index (Phi) is 2.14. The van der Waals surface area contributed by atoms with E-state index in [1.54, 1.807) is 0 Å². The van der Waals surface area contributed by atoms with Crippen molar-refractivity contribution in [2.75, 3.05) is 0 Å². The normalized spacial score (nSPS) is 25.9. The van der Waals surface area contributed by atoms with Gasteiger partial charge < -0.3 is 4.74 Å². The quantitative estimate of drug-likeness (QED) is 0.610. The van der Waals surface area contributed by atoms with Crippen LogP contribution < -0.4 is 0 Å². The summed E-state index contributed by atoms with van der Waals surface area (Å²) in [5.74, 6) is 0.692. The van der Waals surface area contributed by atoms with Gasteiger partial charge in [-0.05, 0) is 45.4 Å². The lowest BCUT2D eigenvalue weighted by molar-refractivity contribution is -0.142. The van der Waals surface area contributed by atoms with Gasteiger partial charge in [0.25, 0.3) is 0 Å². The lowest BCUT2D eigenvalue weighted by atomic mass is 9.99. The van der Waals surface area contributed by atoms with Crippen molar-refractivity contribution in [1.29, 1.82) is 0 Å². The van der Waals surface area contributed by atoms with Crippen molar-refractivity contribution >= 4 is 5.97 Å². The van der Waals surface area contributed by atoms with Crippen molar-refractivity contribution in [1.82, 2.24) is 0 Å². The maximum absolute atomic E-state index is 11.6. The number of hydrogen-bond donors (Lipinski definition) is 0. The average Bonchev–Trinajstić information content (AvgIpc) is 2.62. The van der Waals surface area contributed by atoms with Gasteiger partial charge in [-0.2, -0.15) is 0 Å². The average molecular weight is 180 g/mol. The van der Waals surface area contributed by atoms with Crippen molar-refractivity contribution in [3.05, 3.63) is 11.1 Å². The first-order chi connectivity index (χ1) is 6.16. The van der Waals surface area contributed by atoms with E-state index in [-0.39, 0.29) is 12.1 Å². The van der Waals surface area contributed by atoms with Crippen LogP contribution in [-0.4, -0.2) is 12.1 Å². The molecule has 1 unspecified atom stereocenters. The van der Waals surface area contributed by atoms with Crippen LogP contribution in [0.25, 0.3) is 0 Å². The zero-order valence-corrected chi connectivity index (χ0v) is 8.30. The Morgan fingerprint density at radius 3 is 2.69 bits per heavy atom. The zero-order valence-electron chi connectivity index (χ0n) is 8.30.